The summed E-state index contributed by atoms with van der Waals surface area (Å²) in [6, 6.07) is 44.0. The number of imidazole rings is 1. The normalized spacial score (nSPS) is 11.0. The molecule has 43 heavy (non-hydrogen) atoms. The van der Waals surface area contributed by atoms with E-state index >= 15 is 0 Å². The van der Waals surface area contributed by atoms with Crippen LogP contribution < -0.4 is 0 Å². The zero-order valence-corrected chi connectivity index (χ0v) is 23.4. The number of aromatic nitrogens is 3. The minimum Gasteiger partial charge on any atom is -0.507 e. The van der Waals surface area contributed by atoms with Crippen molar-refractivity contribution in [3.05, 3.63) is 139 Å². The van der Waals surface area contributed by atoms with Crippen LogP contribution in [0.4, 0.5) is 0 Å². The van der Waals surface area contributed by atoms with Crippen molar-refractivity contribution in [1.82, 2.24) is 14.5 Å². The standard InChI is InChI=1S/C38H26N4O/c1-42-35-17-10-15-30(31-21-27(18-19-28(31)24-39)34-16-8-9-20-40-34)36(35)41-38(42)33-23-29(25-11-4-2-5-12-25)22-32(37(33)43)26-13-6-3-7-14-26/h2-23,43H,1H3. The summed E-state index contributed by atoms with van der Waals surface area (Å²) in [4.78, 5) is 9.65. The zero-order valence-electron chi connectivity index (χ0n) is 23.4. The first-order valence-electron chi connectivity index (χ1n) is 14.0. The molecule has 0 atom stereocenters. The van der Waals surface area contributed by atoms with Crippen molar-refractivity contribution in [1.29, 1.82) is 5.26 Å². The molecule has 2 heterocycles. The van der Waals surface area contributed by atoms with Gasteiger partial charge in [-0.15, -0.1) is 0 Å². The Labute approximate surface area is 249 Å². The average Bonchev–Trinajstić information content (AvgIpc) is 3.41. The Hall–Kier alpha value is -5.99. The van der Waals surface area contributed by atoms with E-state index in [4.69, 9.17) is 4.98 Å². The lowest BCUT2D eigenvalue weighted by Crippen LogP contribution is -1.95. The van der Waals surface area contributed by atoms with Gasteiger partial charge in [0.25, 0.3) is 0 Å². The summed E-state index contributed by atoms with van der Waals surface area (Å²) in [5.74, 6) is 0.801. The number of hydrogen-bond donors (Lipinski definition) is 1. The van der Waals surface area contributed by atoms with Gasteiger partial charge in [0, 0.05) is 35.5 Å². The molecule has 0 unspecified atom stereocenters. The maximum absolute atomic E-state index is 11.7. The molecule has 0 spiro atoms. The number of pyridine rings is 1. The largest absolute Gasteiger partial charge is 0.507 e. The molecule has 0 aliphatic heterocycles. The van der Waals surface area contributed by atoms with Gasteiger partial charge in [0.1, 0.15) is 11.6 Å². The van der Waals surface area contributed by atoms with Crippen molar-refractivity contribution < 1.29 is 5.11 Å². The minimum atomic E-state index is 0.167. The summed E-state index contributed by atoms with van der Waals surface area (Å²) in [6.07, 6.45) is 1.76. The first-order chi connectivity index (χ1) is 21.1. The molecule has 0 saturated carbocycles. The Balaban J connectivity index is 1.46. The quantitative estimate of drug-likeness (QED) is 0.231. The van der Waals surface area contributed by atoms with Crippen LogP contribution in [0.25, 0.3) is 67.1 Å². The van der Waals surface area contributed by atoms with Crippen molar-refractivity contribution >= 4 is 11.0 Å². The van der Waals surface area contributed by atoms with E-state index in [9.17, 15) is 10.4 Å². The topological polar surface area (TPSA) is 74.7 Å². The van der Waals surface area contributed by atoms with Crippen molar-refractivity contribution in [2.45, 2.75) is 0 Å². The molecule has 1 N–H and O–H groups in total. The molecule has 0 radical (unpaired) electrons. The highest BCUT2D eigenvalue weighted by atomic mass is 16.3. The lowest BCUT2D eigenvalue weighted by molar-refractivity contribution is 0.478. The molecule has 0 aliphatic carbocycles. The Morgan fingerprint density at radius 2 is 1.33 bits per heavy atom. The van der Waals surface area contributed by atoms with E-state index in [-0.39, 0.29) is 5.75 Å². The van der Waals surface area contributed by atoms with Gasteiger partial charge in [-0.2, -0.15) is 5.26 Å². The number of aryl methyl sites for hydroxylation is 1. The fourth-order valence-corrected chi connectivity index (χ4v) is 5.67. The fourth-order valence-electron chi connectivity index (χ4n) is 5.67. The molecule has 0 bridgehead atoms. The highest BCUT2D eigenvalue weighted by molar-refractivity contribution is 5.97. The molecule has 5 heteroatoms. The molecule has 5 aromatic carbocycles. The Bertz CT molecular complexity index is 2150. The maximum Gasteiger partial charge on any atom is 0.144 e. The number of nitriles is 1. The van der Waals surface area contributed by atoms with Crippen LogP contribution in [-0.2, 0) is 7.05 Å². The third-order valence-corrected chi connectivity index (χ3v) is 7.85. The summed E-state index contributed by atoms with van der Waals surface area (Å²) in [5, 5.41) is 21.8. The van der Waals surface area contributed by atoms with Gasteiger partial charge < -0.3 is 9.67 Å². The van der Waals surface area contributed by atoms with E-state index in [0.717, 1.165) is 55.7 Å². The van der Waals surface area contributed by atoms with Crippen LogP contribution in [0, 0.1) is 11.3 Å². The van der Waals surface area contributed by atoms with Crippen molar-refractivity contribution in [2.24, 2.45) is 7.05 Å². The molecule has 0 aliphatic rings. The number of para-hydroxylation sites is 1. The predicted octanol–water partition coefficient (Wildman–Crippen LogP) is 8.88. The summed E-state index contributed by atoms with van der Waals surface area (Å²) in [5.41, 5.74) is 9.89. The van der Waals surface area contributed by atoms with Crippen LogP contribution in [0.5, 0.6) is 5.75 Å². The van der Waals surface area contributed by atoms with Gasteiger partial charge in [-0.1, -0.05) is 84.9 Å². The third kappa shape index (κ3) is 4.61. The summed E-state index contributed by atoms with van der Waals surface area (Å²) < 4.78 is 2.01. The van der Waals surface area contributed by atoms with E-state index in [1.165, 1.54) is 0 Å². The minimum absolute atomic E-state index is 0.167. The SMILES string of the molecule is Cn1c(-c2cc(-c3ccccc3)cc(-c3ccccc3)c2O)nc2c(-c3cc(-c4ccccn4)ccc3C#N)cccc21. The van der Waals surface area contributed by atoms with Crippen LogP contribution in [0.3, 0.4) is 0 Å². The molecule has 7 aromatic rings. The summed E-state index contributed by atoms with van der Waals surface area (Å²) in [6.45, 7) is 0. The lowest BCUT2D eigenvalue weighted by atomic mass is 9.94. The zero-order chi connectivity index (χ0) is 29.3. The average molecular weight is 555 g/mol. The molecule has 0 amide bonds. The van der Waals surface area contributed by atoms with Gasteiger partial charge in [-0.3, -0.25) is 4.98 Å². The van der Waals surface area contributed by atoms with E-state index < -0.39 is 0 Å². The second-order valence-corrected chi connectivity index (χ2v) is 10.4. The van der Waals surface area contributed by atoms with Gasteiger partial charge in [-0.05, 0) is 59.2 Å². The third-order valence-electron chi connectivity index (χ3n) is 7.85. The van der Waals surface area contributed by atoms with E-state index in [2.05, 4.69) is 23.2 Å². The maximum atomic E-state index is 11.7. The second kappa shape index (κ2) is 10.8. The first-order valence-corrected chi connectivity index (χ1v) is 14.0. The smallest absolute Gasteiger partial charge is 0.144 e. The fraction of sp³-hybridized carbons (Fsp3) is 0.0263. The van der Waals surface area contributed by atoms with Gasteiger partial charge in [0.2, 0.25) is 0 Å². The predicted molar refractivity (Wildman–Crippen MR) is 172 cm³/mol. The van der Waals surface area contributed by atoms with E-state index in [1.54, 1.807) is 6.20 Å². The second-order valence-electron chi connectivity index (χ2n) is 10.4. The molecule has 0 saturated heterocycles. The van der Waals surface area contributed by atoms with Crippen LogP contribution in [-0.4, -0.2) is 19.6 Å². The van der Waals surface area contributed by atoms with Crippen molar-refractivity contribution in [2.75, 3.05) is 0 Å². The number of phenolic OH excluding ortho intramolecular Hbond substituents is 1. The molecular formula is C38H26N4O. The molecule has 0 fully saturated rings. The molecular weight excluding hydrogens is 528 g/mol. The number of benzene rings is 5. The van der Waals surface area contributed by atoms with Gasteiger partial charge >= 0.3 is 0 Å². The number of aromatic hydroxyl groups is 1. The number of rotatable bonds is 5. The number of fused-ring (bicyclic) bond motifs is 1. The van der Waals surface area contributed by atoms with Crippen LogP contribution in [0.2, 0.25) is 0 Å². The van der Waals surface area contributed by atoms with Gasteiger partial charge in [-0.25, -0.2) is 4.98 Å². The number of phenols is 1. The Morgan fingerprint density at radius 1 is 0.628 bits per heavy atom. The van der Waals surface area contributed by atoms with Crippen LogP contribution in [0.1, 0.15) is 5.56 Å². The Morgan fingerprint density at radius 3 is 2.05 bits per heavy atom. The summed E-state index contributed by atoms with van der Waals surface area (Å²) in [7, 11) is 1.96. The van der Waals surface area contributed by atoms with E-state index in [0.29, 0.717) is 17.0 Å². The van der Waals surface area contributed by atoms with Gasteiger partial charge in [0.15, 0.2) is 0 Å². The molecule has 7 rings (SSSR count). The van der Waals surface area contributed by atoms with Gasteiger partial charge in [0.05, 0.1) is 33.9 Å². The summed E-state index contributed by atoms with van der Waals surface area (Å²) >= 11 is 0. The number of nitrogens with zero attached hydrogens (tertiary/aromatic N) is 4. The molecule has 5 nitrogen and oxygen atoms in total. The van der Waals surface area contributed by atoms with Crippen molar-refractivity contribution in [3.63, 3.8) is 0 Å². The molecule has 2 aromatic heterocycles. The highest BCUT2D eigenvalue weighted by Crippen LogP contribution is 2.43. The Kier molecular flexibility index (Phi) is 6.50. The van der Waals surface area contributed by atoms with Crippen LogP contribution in [0.15, 0.2) is 134 Å². The van der Waals surface area contributed by atoms with E-state index in [1.807, 2.05) is 127 Å². The van der Waals surface area contributed by atoms with Crippen molar-refractivity contribution in [3.8, 4) is 67.8 Å². The highest BCUT2D eigenvalue weighted by Gasteiger charge is 2.21. The molecule has 204 valence electrons. The van der Waals surface area contributed by atoms with Crippen LogP contribution >= 0.6 is 0 Å². The monoisotopic (exact) mass is 554 g/mol. The number of hydrogen-bond acceptors (Lipinski definition) is 4. The lowest BCUT2D eigenvalue weighted by Gasteiger charge is -2.14. The first kappa shape index (κ1) is 25.9.